The third kappa shape index (κ3) is 4.92. The number of fused-ring (bicyclic) bond motifs is 1. The van der Waals surface area contributed by atoms with Gasteiger partial charge in [0.2, 0.25) is 0 Å². The monoisotopic (exact) mass is 390 g/mol. The topological polar surface area (TPSA) is 50.2 Å². The summed E-state index contributed by atoms with van der Waals surface area (Å²) in [5.41, 5.74) is 3.72. The van der Waals surface area contributed by atoms with E-state index < -0.39 is 0 Å². The number of likely N-dealkylation sites (tertiary alicyclic amines) is 1. The van der Waals surface area contributed by atoms with E-state index in [1.165, 1.54) is 11.1 Å². The molecule has 0 atom stereocenters. The van der Waals surface area contributed by atoms with E-state index in [2.05, 4.69) is 46.4 Å². The Labute approximate surface area is 172 Å². The molecular formula is C24H30N4O. The summed E-state index contributed by atoms with van der Waals surface area (Å²) >= 11 is 0. The Morgan fingerprint density at radius 2 is 1.76 bits per heavy atom. The molecule has 1 saturated heterocycles. The molecule has 3 heterocycles. The number of hydrogen-bond donors (Lipinski definition) is 1. The minimum atomic E-state index is 0.0520. The molecule has 0 amide bonds. The van der Waals surface area contributed by atoms with Crippen LogP contribution in [-0.4, -0.2) is 40.1 Å². The highest BCUT2D eigenvalue weighted by molar-refractivity contribution is 5.77. The van der Waals surface area contributed by atoms with Crippen LogP contribution in [0.2, 0.25) is 0 Å². The van der Waals surface area contributed by atoms with Crippen molar-refractivity contribution in [2.24, 2.45) is 0 Å². The lowest BCUT2D eigenvalue weighted by Crippen LogP contribution is -2.43. The number of nitrogens with one attached hydrogen (secondary N) is 1. The van der Waals surface area contributed by atoms with E-state index in [4.69, 9.17) is 0 Å². The van der Waals surface area contributed by atoms with Gasteiger partial charge >= 0.3 is 0 Å². The Morgan fingerprint density at radius 3 is 2.52 bits per heavy atom. The maximum absolute atomic E-state index is 12.3. The molecule has 0 unspecified atom stereocenters. The fourth-order valence-corrected chi connectivity index (χ4v) is 4.12. The second-order valence-corrected chi connectivity index (χ2v) is 7.92. The lowest BCUT2D eigenvalue weighted by Gasteiger charge is -2.32. The van der Waals surface area contributed by atoms with Crippen LogP contribution in [0.5, 0.6) is 0 Å². The Bertz CT molecular complexity index is 988. The molecule has 1 fully saturated rings. The van der Waals surface area contributed by atoms with Gasteiger partial charge < -0.3 is 14.8 Å². The molecule has 1 aliphatic heterocycles. The molecule has 152 valence electrons. The summed E-state index contributed by atoms with van der Waals surface area (Å²) in [7, 11) is 0. The third-order valence-corrected chi connectivity index (χ3v) is 6.05. The van der Waals surface area contributed by atoms with Gasteiger partial charge in [0.15, 0.2) is 0 Å². The van der Waals surface area contributed by atoms with Gasteiger partial charge in [-0.2, -0.15) is 0 Å². The first-order valence-corrected chi connectivity index (χ1v) is 10.7. The average Bonchev–Trinajstić information content (AvgIpc) is 2.78. The van der Waals surface area contributed by atoms with E-state index in [-0.39, 0.29) is 5.56 Å². The molecule has 0 bridgehead atoms. The van der Waals surface area contributed by atoms with Crippen molar-refractivity contribution >= 4 is 10.9 Å². The molecule has 3 aromatic rings. The highest BCUT2D eigenvalue weighted by Gasteiger charge is 2.18. The van der Waals surface area contributed by atoms with Gasteiger partial charge in [-0.15, -0.1) is 0 Å². The van der Waals surface area contributed by atoms with Crippen LogP contribution in [0.15, 0.2) is 59.7 Å². The van der Waals surface area contributed by atoms with Crippen LogP contribution in [0, 0.1) is 0 Å². The fourth-order valence-electron chi connectivity index (χ4n) is 4.12. The van der Waals surface area contributed by atoms with Gasteiger partial charge in [0.1, 0.15) is 0 Å². The van der Waals surface area contributed by atoms with Crippen molar-refractivity contribution in [1.82, 2.24) is 19.8 Å². The van der Waals surface area contributed by atoms with Crippen LogP contribution in [0.1, 0.15) is 30.9 Å². The van der Waals surface area contributed by atoms with Gasteiger partial charge in [-0.05, 0) is 55.6 Å². The molecule has 0 radical (unpaired) electrons. The highest BCUT2D eigenvalue weighted by atomic mass is 16.1. The average molecular weight is 391 g/mol. The normalized spacial score (nSPS) is 15.8. The van der Waals surface area contributed by atoms with E-state index in [1.807, 2.05) is 16.7 Å². The van der Waals surface area contributed by atoms with Crippen LogP contribution in [0.4, 0.5) is 0 Å². The molecule has 1 aliphatic rings. The number of aromatic nitrogens is 2. The SMILES string of the molecule is CCc1ccc(CNC2CCN(CCn3c(=O)ccc4ccncc43)CC2)cc1. The molecule has 0 saturated carbocycles. The summed E-state index contributed by atoms with van der Waals surface area (Å²) in [6.07, 6.45) is 6.96. The summed E-state index contributed by atoms with van der Waals surface area (Å²) in [6.45, 7) is 6.89. The van der Waals surface area contributed by atoms with E-state index in [0.29, 0.717) is 12.6 Å². The lowest BCUT2D eigenvalue weighted by molar-refractivity contribution is 0.191. The predicted octanol–water partition coefficient (Wildman–Crippen LogP) is 3.21. The van der Waals surface area contributed by atoms with Crippen molar-refractivity contribution in [3.8, 4) is 0 Å². The Hall–Kier alpha value is -2.50. The molecule has 1 aromatic carbocycles. The lowest BCUT2D eigenvalue weighted by atomic mass is 10.0. The van der Waals surface area contributed by atoms with E-state index in [0.717, 1.165) is 56.3 Å². The van der Waals surface area contributed by atoms with Gasteiger partial charge in [0, 0.05) is 43.3 Å². The highest BCUT2D eigenvalue weighted by Crippen LogP contribution is 2.13. The summed E-state index contributed by atoms with van der Waals surface area (Å²) in [5, 5.41) is 4.78. The van der Waals surface area contributed by atoms with Crippen LogP contribution < -0.4 is 10.9 Å². The zero-order chi connectivity index (χ0) is 20.1. The minimum absolute atomic E-state index is 0.0520. The molecule has 0 aliphatic carbocycles. The smallest absolute Gasteiger partial charge is 0.251 e. The third-order valence-electron chi connectivity index (χ3n) is 6.05. The largest absolute Gasteiger partial charge is 0.310 e. The second kappa shape index (κ2) is 9.33. The first kappa shape index (κ1) is 19.8. The van der Waals surface area contributed by atoms with E-state index >= 15 is 0 Å². The number of pyridine rings is 2. The van der Waals surface area contributed by atoms with Gasteiger partial charge in [-0.3, -0.25) is 9.78 Å². The summed E-state index contributed by atoms with van der Waals surface area (Å²) in [4.78, 5) is 19.0. The van der Waals surface area contributed by atoms with E-state index in [1.54, 1.807) is 18.5 Å². The number of piperidine rings is 1. The second-order valence-electron chi connectivity index (χ2n) is 7.92. The van der Waals surface area contributed by atoms with Gasteiger partial charge in [0.05, 0.1) is 11.7 Å². The molecule has 2 aromatic heterocycles. The molecular weight excluding hydrogens is 360 g/mol. The summed E-state index contributed by atoms with van der Waals surface area (Å²) in [5.74, 6) is 0. The Balaban J connectivity index is 1.26. The standard InChI is InChI=1S/C24H30N4O/c1-2-19-3-5-20(6-4-19)17-26-22-10-13-27(14-11-22)15-16-28-23-18-25-12-9-21(23)7-8-24(28)29/h3-9,12,18,22,26H,2,10-11,13-17H2,1H3. The van der Waals surface area contributed by atoms with Crippen molar-refractivity contribution in [2.45, 2.75) is 45.3 Å². The summed E-state index contributed by atoms with van der Waals surface area (Å²) in [6, 6.07) is 15.0. The molecule has 5 nitrogen and oxygen atoms in total. The molecule has 0 spiro atoms. The number of hydrogen-bond acceptors (Lipinski definition) is 4. The number of benzene rings is 1. The van der Waals surface area contributed by atoms with Crippen molar-refractivity contribution in [1.29, 1.82) is 0 Å². The Morgan fingerprint density at radius 1 is 1.00 bits per heavy atom. The molecule has 29 heavy (non-hydrogen) atoms. The van der Waals surface area contributed by atoms with Crippen molar-refractivity contribution in [3.05, 3.63) is 76.3 Å². The predicted molar refractivity (Wildman–Crippen MR) is 118 cm³/mol. The molecule has 4 rings (SSSR count). The fraction of sp³-hybridized carbons (Fsp3) is 0.417. The first-order chi connectivity index (χ1) is 14.2. The van der Waals surface area contributed by atoms with Gasteiger partial charge in [-0.25, -0.2) is 0 Å². The maximum atomic E-state index is 12.3. The van der Waals surface area contributed by atoms with Gasteiger partial charge in [-0.1, -0.05) is 31.2 Å². The van der Waals surface area contributed by atoms with Crippen molar-refractivity contribution in [2.75, 3.05) is 19.6 Å². The zero-order valence-electron chi connectivity index (χ0n) is 17.2. The quantitative estimate of drug-likeness (QED) is 0.673. The first-order valence-electron chi connectivity index (χ1n) is 10.7. The van der Waals surface area contributed by atoms with Gasteiger partial charge in [0.25, 0.3) is 5.56 Å². The van der Waals surface area contributed by atoms with Crippen LogP contribution >= 0.6 is 0 Å². The molecule has 1 N–H and O–H groups in total. The van der Waals surface area contributed by atoms with Crippen molar-refractivity contribution < 1.29 is 0 Å². The number of nitrogens with zero attached hydrogens (tertiary/aromatic N) is 3. The minimum Gasteiger partial charge on any atom is -0.310 e. The maximum Gasteiger partial charge on any atom is 0.251 e. The van der Waals surface area contributed by atoms with E-state index in [9.17, 15) is 4.79 Å². The molecule has 5 heteroatoms. The van der Waals surface area contributed by atoms with Crippen LogP contribution in [0.3, 0.4) is 0 Å². The van der Waals surface area contributed by atoms with Crippen LogP contribution in [-0.2, 0) is 19.5 Å². The van der Waals surface area contributed by atoms with Crippen LogP contribution in [0.25, 0.3) is 10.9 Å². The number of aryl methyl sites for hydroxylation is 1. The van der Waals surface area contributed by atoms with Crippen molar-refractivity contribution in [3.63, 3.8) is 0 Å². The zero-order valence-corrected chi connectivity index (χ0v) is 17.2. The summed E-state index contributed by atoms with van der Waals surface area (Å²) < 4.78 is 1.85. The number of rotatable bonds is 7. The Kier molecular flexibility index (Phi) is 6.37.